The van der Waals surface area contributed by atoms with Crippen molar-refractivity contribution in [1.29, 1.82) is 0 Å². The molecule has 9 heteroatoms. The average molecular weight is 458 g/mol. The molecule has 0 saturated heterocycles. The van der Waals surface area contributed by atoms with E-state index in [2.05, 4.69) is 5.32 Å². The molecule has 0 saturated carbocycles. The van der Waals surface area contributed by atoms with Gasteiger partial charge in [0.15, 0.2) is 11.6 Å². The maximum Gasteiger partial charge on any atom is 0.413 e. The first kappa shape index (κ1) is 23.6. The minimum absolute atomic E-state index is 0.00375. The fraction of sp³-hybridized carbons (Fsp3) is 0.167. The Labute approximate surface area is 188 Å². The SMILES string of the molecule is COc1ccc(N(C)C(=O)[C@H](Cc2cc(F)cc(F)c2)NC(=O)Oc2ccccc2)cc1F. The molecule has 1 N–H and O–H groups in total. The number of anilines is 1. The van der Waals surface area contributed by atoms with Crippen LogP contribution >= 0.6 is 0 Å². The molecule has 0 aliphatic heterocycles. The van der Waals surface area contributed by atoms with E-state index in [-0.39, 0.29) is 29.2 Å². The molecule has 33 heavy (non-hydrogen) atoms. The number of nitrogens with one attached hydrogen (secondary N) is 1. The molecule has 3 aromatic carbocycles. The van der Waals surface area contributed by atoms with Gasteiger partial charge in [-0.1, -0.05) is 18.2 Å². The number of hydrogen-bond acceptors (Lipinski definition) is 4. The summed E-state index contributed by atoms with van der Waals surface area (Å²) < 4.78 is 51.5. The van der Waals surface area contributed by atoms with Gasteiger partial charge in [-0.25, -0.2) is 18.0 Å². The van der Waals surface area contributed by atoms with Crippen LogP contribution in [-0.4, -0.2) is 32.2 Å². The molecule has 0 fully saturated rings. The standard InChI is InChI=1S/C24H21F3N2O4/c1-29(18-8-9-22(32-2)20(27)14-18)23(30)21(12-15-10-16(25)13-17(26)11-15)28-24(31)33-19-6-4-3-5-7-19/h3-11,13-14,21H,12H2,1-2H3,(H,28,31)/t21-/m0/s1. The molecule has 0 unspecified atom stereocenters. The zero-order valence-electron chi connectivity index (χ0n) is 17.8. The number of amides is 2. The summed E-state index contributed by atoms with van der Waals surface area (Å²) in [6.45, 7) is 0. The van der Waals surface area contributed by atoms with E-state index >= 15 is 0 Å². The molecule has 3 aromatic rings. The molecule has 0 heterocycles. The third kappa shape index (κ3) is 6.25. The van der Waals surface area contributed by atoms with Gasteiger partial charge in [0.2, 0.25) is 5.91 Å². The molecule has 0 bridgehead atoms. The van der Waals surface area contributed by atoms with Crippen molar-refractivity contribution in [2.75, 3.05) is 19.1 Å². The van der Waals surface area contributed by atoms with Crippen molar-refractivity contribution in [1.82, 2.24) is 5.32 Å². The number of methoxy groups -OCH3 is 1. The molecule has 0 spiro atoms. The van der Waals surface area contributed by atoms with E-state index < -0.39 is 35.5 Å². The fourth-order valence-corrected chi connectivity index (χ4v) is 3.16. The Kier molecular flexibility index (Phi) is 7.55. The zero-order chi connectivity index (χ0) is 24.0. The van der Waals surface area contributed by atoms with Gasteiger partial charge in [0, 0.05) is 31.3 Å². The molecule has 0 aliphatic rings. The Bertz CT molecular complexity index is 1120. The van der Waals surface area contributed by atoms with Crippen molar-refractivity contribution in [3.05, 3.63) is 89.7 Å². The van der Waals surface area contributed by atoms with E-state index in [0.717, 1.165) is 23.1 Å². The number of halogens is 3. The van der Waals surface area contributed by atoms with Crippen LogP contribution in [0, 0.1) is 17.5 Å². The first-order chi connectivity index (χ1) is 15.8. The zero-order valence-corrected chi connectivity index (χ0v) is 17.8. The molecule has 6 nitrogen and oxygen atoms in total. The van der Waals surface area contributed by atoms with Crippen molar-refractivity contribution in [3.63, 3.8) is 0 Å². The molecule has 2 amide bonds. The minimum Gasteiger partial charge on any atom is -0.494 e. The summed E-state index contributed by atoms with van der Waals surface area (Å²) in [5.74, 6) is -2.76. The van der Waals surface area contributed by atoms with Crippen LogP contribution in [-0.2, 0) is 11.2 Å². The molecule has 172 valence electrons. The Morgan fingerprint density at radius 2 is 1.64 bits per heavy atom. The molecule has 1 atom stereocenters. The lowest BCUT2D eigenvalue weighted by molar-refractivity contribution is -0.120. The molecule has 3 rings (SSSR count). The lowest BCUT2D eigenvalue weighted by Gasteiger charge is -2.25. The van der Waals surface area contributed by atoms with Gasteiger partial charge >= 0.3 is 6.09 Å². The number of rotatable bonds is 7. The summed E-state index contributed by atoms with van der Waals surface area (Å²) >= 11 is 0. The van der Waals surface area contributed by atoms with Gasteiger partial charge in [-0.05, 0) is 42.0 Å². The van der Waals surface area contributed by atoms with Crippen LogP contribution in [0.15, 0.2) is 66.7 Å². The van der Waals surface area contributed by atoms with Gasteiger partial charge in [0.1, 0.15) is 23.4 Å². The summed E-state index contributed by atoms with van der Waals surface area (Å²) in [4.78, 5) is 26.7. The van der Waals surface area contributed by atoms with Crippen LogP contribution < -0.4 is 19.7 Å². The van der Waals surface area contributed by atoms with Crippen molar-refractivity contribution in [2.45, 2.75) is 12.5 Å². The molecular weight excluding hydrogens is 437 g/mol. The van der Waals surface area contributed by atoms with Crippen molar-refractivity contribution < 1.29 is 32.2 Å². The highest BCUT2D eigenvalue weighted by Gasteiger charge is 2.27. The molecule has 0 aromatic heterocycles. The number of ether oxygens (including phenoxy) is 2. The van der Waals surface area contributed by atoms with Crippen LogP contribution in [0.5, 0.6) is 11.5 Å². The van der Waals surface area contributed by atoms with E-state index in [1.54, 1.807) is 30.3 Å². The Morgan fingerprint density at radius 3 is 2.24 bits per heavy atom. The molecular formula is C24H21F3N2O4. The Morgan fingerprint density at radius 1 is 0.970 bits per heavy atom. The lowest BCUT2D eigenvalue weighted by atomic mass is 10.0. The first-order valence-corrected chi connectivity index (χ1v) is 9.86. The van der Waals surface area contributed by atoms with E-state index in [1.165, 1.54) is 26.3 Å². The van der Waals surface area contributed by atoms with Gasteiger partial charge in [0.25, 0.3) is 0 Å². The predicted molar refractivity (Wildman–Crippen MR) is 116 cm³/mol. The molecule has 0 aliphatic carbocycles. The smallest absolute Gasteiger partial charge is 0.413 e. The van der Waals surface area contributed by atoms with E-state index in [1.807, 2.05) is 0 Å². The first-order valence-electron chi connectivity index (χ1n) is 9.86. The number of hydrogen-bond donors (Lipinski definition) is 1. The Balaban J connectivity index is 1.85. The number of nitrogens with zero attached hydrogens (tertiary/aromatic N) is 1. The van der Waals surface area contributed by atoms with Crippen molar-refractivity contribution >= 4 is 17.7 Å². The topological polar surface area (TPSA) is 67.9 Å². The minimum atomic E-state index is -1.27. The highest BCUT2D eigenvalue weighted by molar-refractivity contribution is 5.98. The Hall–Kier alpha value is -4.01. The number of benzene rings is 3. The maximum atomic E-state index is 14.1. The van der Waals surface area contributed by atoms with Gasteiger partial charge in [0.05, 0.1) is 7.11 Å². The van der Waals surface area contributed by atoms with Gasteiger partial charge in [-0.15, -0.1) is 0 Å². The normalized spacial score (nSPS) is 11.4. The highest BCUT2D eigenvalue weighted by Crippen LogP contribution is 2.24. The van der Waals surface area contributed by atoms with Gasteiger partial charge in [-0.2, -0.15) is 0 Å². The van der Waals surface area contributed by atoms with Crippen LogP contribution in [0.2, 0.25) is 0 Å². The van der Waals surface area contributed by atoms with Crippen LogP contribution in [0.4, 0.5) is 23.7 Å². The highest BCUT2D eigenvalue weighted by atomic mass is 19.1. The van der Waals surface area contributed by atoms with E-state index in [9.17, 15) is 22.8 Å². The number of likely N-dealkylation sites (N-methyl/N-ethyl adjacent to an activating group) is 1. The lowest BCUT2D eigenvalue weighted by Crippen LogP contribution is -2.49. The van der Waals surface area contributed by atoms with Crippen LogP contribution in [0.25, 0.3) is 0 Å². The summed E-state index contributed by atoms with van der Waals surface area (Å²) in [6.07, 6.45) is -1.17. The van der Waals surface area contributed by atoms with Crippen molar-refractivity contribution in [3.8, 4) is 11.5 Å². The third-order valence-corrected chi connectivity index (χ3v) is 4.76. The van der Waals surface area contributed by atoms with Crippen LogP contribution in [0.1, 0.15) is 5.56 Å². The fourth-order valence-electron chi connectivity index (χ4n) is 3.16. The van der Waals surface area contributed by atoms with Gasteiger partial charge in [-0.3, -0.25) is 4.79 Å². The molecule has 0 radical (unpaired) electrons. The second kappa shape index (κ2) is 10.5. The number of carbonyl (C=O) groups is 2. The monoisotopic (exact) mass is 458 g/mol. The van der Waals surface area contributed by atoms with E-state index in [4.69, 9.17) is 9.47 Å². The maximum absolute atomic E-state index is 14.1. The number of carbonyl (C=O) groups excluding carboxylic acids is 2. The summed E-state index contributed by atoms with van der Waals surface area (Å²) in [7, 11) is 2.69. The summed E-state index contributed by atoms with van der Waals surface area (Å²) in [5, 5.41) is 2.42. The third-order valence-electron chi connectivity index (χ3n) is 4.76. The average Bonchev–Trinajstić information content (AvgIpc) is 2.77. The quantitative estimate of drug-likeness (QED) is 0.567. The van der Waals surface area contributed by atoms with Gasteiger partial charge < -0.3 is 19.7 Å². The number of para-hydroxylation sites is 1. The van der Waals surface area contributed by atoms with E-state index in [0.29, 0.717) is 6.07 Å². The largest absolute Gasteiger partial charge is 0.494 e. The second-order valence-corrected chi connectivity index (χ2v) is 7.10. The van der Waals surface area contributed by atoms with Crippen molar-refractivity contribution in [2.24, 2.45) is 0 Å². The second-order valence-electron chi connectivity index (χ2n) is 7.10. The summed E-state index contributed by atoms with van der Waals surface area (Å²) in [6, 6.07) is 13.6. The summed E-state index contributed by atoms with van der Waals surface area (Å²) in [5.41, 5.74) is 0.326. The predicted octanol–water partition coefficient (Wildman–Crippen LogP) is 4.48. The van der Waals surface area contributed by atoms with Crippen LogP contribution in [0.3, 0.4) is 0 Å².